The van der Waals surface area contributed by atoms with Gasteiger partial charge in [-0.3, -0.25) is 4.79 Å². The third-order valence-corrected chi connectivity index (χ3v) is 5.62. The smallest absolute Gasteiger partial charge is 0.231 e. The molecular weight excluding hydrogens is 252 g/mol. The third kappa shape index (κ3) is 2.38. The summed E-state index contributed by atoms with van der Waals surface area (Å²) >= 11 is 0. The summed E-state index contributed by atoms with van der Waals surface area (Å²) in [5.74, 6) is 2.55. The summed E-state index contributed by atoms with van der Waals surface area (Å²) in [5, 5.41) is 0. The van der Waals surface area contributed by atoms with Crippen LogP contribution in [0.25, 0.3) is 0 Å². The second kappa shape index (κ2) is 4.56. The maximum atomic E-state index is 12.4. The monoisotopic (exact) mass is 270 g/mol. The lowest BCUT2D eigenvalue weighted by atomic mass is 10.0. The van der Waals surface area contributed by atoms with Crippen LogP contribution in [0.3, 0.4) is 0 Å². The Kier molecular flexibility index (Phi) is 3.39. The first kappa shape index (κ1) is 13.4. The average molecular weight is 270 g/mol. The predicted octanol–water partition coefficient (Wildman–Crippen LogP) is -0.626. The highest BCUT2D eigenvalue weighted by molar-refractivity contribution is 7.91. The van der Waals surface area contributed by atoms with Gasteiger partial charge in [0.05, 0.1) is 23.5 Å². The van der Waals surface area contributed by atoms with Crippen LogP contribution in [0.4, 0.5) is 0 Å². The van der Waals surface area contributed by atoms with Crippen LogP contribution in [0.2, 0.25) is 0 Å². The van der Waals surface area contributed by atoms with Gasteiger partial charge in [-0.25, -0.2) is 8.42 Å². The largest absolute Gasteiger partial charge is 0.329 e. The highest BCUT2D eigenvalue weighted by atomic mass is 32.2. The molecule has 1 atom stereocenters. The molecule has 1 saturated heterocycles. The van der Waals surface area contributed by atoms with Crippen molar-refractivity contribution in [2.24, 2.45) is 11.1 Å². The van der Waals surface area contributed by atoms with Crippen molar-refractivity contribution >= 4 is 15.7 Å². The summed E-state index contributed by atoms with van der Waals surface area (Å²) in [7, 11) is -3.02. The van der Waals surface area contributed by atoms with Crippen LogP contribution in [0.5, 0.6) is 0 Å². The molecule has 2 N–H and O–H groups in total. The second-order valence-corrected chi connectivity index (χ2v) is 7.41. The predicted molar refractivity (Wildman–Crippen MR) is 68.3 cm³/mol. The van der Waals surface area contributed by atoms with Crippen molar-refractivity contribution in [3.8, 4) is 12.3 Å². The molecule has 0 aromatic heterocycles. The number of nitrogens with zero attached hydrogens (tertiary/aromatic N) is 1. The van der Waals surface area contributed by atoms with E-state index in [1.165, 1.54) is 0 Å². The Morgan fingerprint density at radius 3 is 2.56 bits per heavy atom. The highest BCUT2D eigenvalue weighted by Gasteiger charge is 2.52. The number of rotatable bonds is 4. The molecule has 1 amide bonds. The molecule has 2 rings (SSSR count). The summed E-state index contributed by atoms with van der Waals surface area (Å²) in [5.41, 5.74) is 5.17. The molecule has 0 spiro atoms. The van der Waals surface area contributed by atoms with E-state index in [0.717, 1.165) is 12.8 Å². The zero-order valence-corrected chi connectivity index (χ0v) is 11.1. The number of hydrogen-bond donors (Lipinski definition) is 1. The minimum Gasteiger partial charge on any atom is -0.329 e. The lowest BCUT2D eigenvalue weighted by Crippen LogP contribution is -2.47. The van der Waals surface area contributed by atoms with Crippen molar-refractivity contribution in [2.45, 2.75) is 25.3 Å². The van der Waals surface area contributed by atoms with Crippen LogP contribution in [0, 0.1) is 17.8 Å². The van der Waals surface area contributed by atoms with Gasteiger partial charge in [0.15, 0.2) is 9.84 Å². The lowest BCUT2D eigenvalue weighted by molar-refractivity contribution is -0.137. The van der Waals surface area contributed by atoms with E-state index in [4.69, 9.17) is 12.2 Å². The van der Waals surface area contributed by atoms with E-state index in [0.29, 0.717) is 13.0 Å². The Hall–Kier alpha value is -1.06. The molecule has 0 radical (unpaired) electrons. The van der Waals surface area contributed by atoms with Crippen molar-refractivity contribution in [3.05, 3.63) is 0 Å². The van der Waals surface area contributed by atoms with Crippen molar-refractivity contribution in [1.82, 2.24) is 4.90 Å². The minimum absolute atomic E-state index is 0.0288. The number of amides is 1. The van der Waals surface area contributed by atoms with Gasteiger partial charge in [0.25, 0.3) is 0 Å². The molecule has 0 bridgehead atoms. The number of carbonyl (C=O) groups excluding carboxylic acids is 1. The molecule has 6 heteroatoms. The second-order valence-electron chi connectivity index (χ2n) is 5.18. The normalized spacial score (nSPS) is 27.4. The van der Waals surface area contributed by atoms with Crippen LogP contribution in [0.1, 0.15) is 19.3 Å². The molecular formula is C12H18N2O3S. The van der Waals surface area contributed by atoms with Crippen molar-refractivity contribution < 1.29 is 13.2 Å². The maximum Gasteiger partial charge on any atom is 0.231 e. The van der Waals surface area contributed by atoms with Crippen LogP contribution in [-0.2, 0) is 14.6 Å². The summed E-state index contributed by atoms with van der Waals surface area (Å²) in [4.78, 5) is 13.9. The molecule has 18 heavy (non-hydrogen) atoms. The SMILES string of the molecule is C#CCN(C(=O)C1(CN)CC1)C1CCS(=O)(=O)C1. The fourth-order valence-corrected chi connectivity index (χ4v) is 4.18. The molecule has 1 heterocycles. The Bertz CT molecular complexity index is 488. The number of terminal acetylenes is 1. The van der Waals surface area contributed by atoms with Gasteiger partial charge in [0.2, 0.25) is 5.91 Å². The van der Waals surface area contributed by atoms with Gasteiger partial charge in [-0.15, -0.1) is 6.42 Å². The summed E-state index contributed by atoms with van der Waals surface area (Å²) in [6, 6.07) is -0.275. The molecule has 2 aliphatic rings. The fraction of sp³-hybridized carbons (Fsp3) is 0.750. The quantitative estimate of drug-likeness (QED) is 0.690. The molecule has 5 nitrogen and oxygen atoms in total. The standard InChI is InChI=1S/C12H18N2O3S/c1-2-6-14(10-3-7-18(16,17)8-10)11(15)12(9-13)4-5-12/h1,10H,3-9,13H2. The Balaban J connectivity index is 2.15. The van der Waals surface area contributed by atoms with E-state index in [1.807, 2.05) is 0 Å². The van der Waals surface area contributed by atoms with Crippen LogP contribution in [0.15, 0.2) is 0 Å². The van der Waals surface area contributed by atoms with Gasteiger partial charge in [-0.2, -0.15) is 0 Å². The molecule has 1 aliphatic heterocycles. The molecule has 100 valence electrons. The third-order valence-electron chi connectivity index (χ3n) is 3.87. The fourth-order valence-electron chi connectivity index (χ4n) is 2.45. The zero-order valence-electron chi connectivity index (χ0n) is 10.3. The summed E-state index contributed by atoms with van der Waals surface area (Å²) < 4.78 is 23.0. The first-order valence-corrected chi connectivity index (χ1v) is 7.91. The molecule has 0 aromatic carbocycles. The summed E-state index contributed by atoms with van der Waals surface area (Å²) in [6.45, 7) is 0.479. The Morgan fingerprint density at radius 2 is 2.17 bits per heavy atom. The van der Waals surface area contributed by atoms with E-state index < -0.39 is 15.3 Å². The minimum atomic E-state index is -3.02. The van der Waals surface area contributed by atoms with E-state index in [-0.39, 0.29) is 30.0 Å². The van der Waals surface area contributed by atoms with E-state index in [9.17, 15) is 13.2 Å². The van der Waals surface area contributed by atoms with Gasteiger partial charge < -0.3 is 10.6 Å². The molecule has 0 aromatic rings. The van der Waals surface area contributed by atoms with Crippen LogP contribution < -0.4 is 5.73 Å². The van der Waals surface area contributed by atoms with E-state index >= 15 is 0 Å². The molecule has 2 fully saturated rings. The first-order chi connectivity index (χ1) is 8.44. The first-order valence-electron chi connectivity index (χ1n) is 6.09. The summed E-state index contributed by atoms with van der Waals surface area (Å²) in [6.07, 6.45) is 7.33. The van der Waals surface area contributed by atoms with Gasteiger partial charge in [0.1, 0.15) is 0 Å². The zero-order chi connectivity index (χ0) is 13.4. The molecule has 1 aliphatic carbocycles. The van der Waals surface area contributed by atoms with Crippen LogP contribution in [-0.4, -0.2) is 49.9 Å². The Morgan fingerprint density at radius 1 is 1.50 bits per heavy atom. The Labute approximate surface area is 108 Å². The number of nitrogens with two attached hydrogens (primary N) is 1. The highest BCUT2D eigenvalue weighted by Crippen LogP contribution is 2.46. The lowest BCUT2D eigenvalue weighted by Gasteiger charge is -2.29. The van der Waals surface area contributed by atoms with Gasteiger partial charge in [-0.1, -0.05) is 5.92 Å². The number of hydrogen-bond acceptors (Lipinski definition) is 4. The average Bonchev–Trinajstić information content (AvgIpc) is 3.05. The van der Waals surface area contributed by atoms with Gasteiger partial charge in [0, 0.05) is 12.6 Å². The molecule has 1 unspecified atom stereocenters. The molecule has 1 saturated carbocycles. The van der Waals surface area contributed by atoms with Crippen molar-refractivity contribution in [3.63, 3.8) is 0 Å². The van der Waals surface area contributed by atoms with Gasteiger partial charge in [-0.05, 0) is 19.3 Å². The van der Waals surface area contributed by atoms with Crippen LogP contribution >= 0.6 is 0 Å². The number of carbonyl (C=O) groups is 1. The van der Waals surface area contributed by atoms with Gasteiger partial charge >= 0.3 is 0 Å². The maximum absolute atomic E-state index is 12.4. The van der Waals surface area contributed by atoms with Crippen molar-refractivity contribution in [2.75, 3.05) is 24.6 Å². The topological polar surface area (TPSA) is 80.5 Å². The van der Waals surface area contributed by atoms with Crippen molar-refractivity contribution in [1.29, 1.82) is 0 Å². The van der Waals surface area contributed by atoms with E-state index in [1.54, 1.807) is 4.90 Å². The van der Waals surface area contributed by atoms with E-state index in [2.05, 4.69) is 5.92 Å². The number of sulfone groups is 1.